The molecule has 0 saturated heterocycles. The summed E-state index contributed by atoms with van der Waals surface area (Å²) < 4.78 is 1.45. The number of halogens is 1. The number of aryl methyl sites for hydroxylation is 1. The van der Waals surface area contributed by atoms with Crippen LogP contribution in [0.4, 0.5) is 0 Å². The van der Waals surface area contributed by atoms with Gasteiger partial charge in [-0.15, -0.1) is 23.7 Å². The van der Waals surface area contributed by atoms with Crippen LogP contribution in [-0.2, 0) is 0 Å². The third-order valence-electron chi connectivity index (χ3n) is 5.24. The van der Waals surface area contributed by atoms with E-state index in [0.717, 1.165) is 18.4 Å². The lowest BCUT2D eigenvalue weighted by Crippen LogP contribution is -2.19. The number of hydrogen-bond donors (Lipinski definition) is 0. The number of rotatable bonds is 3. The smallest absolute Gasteiger partial charge is 0.0351 e. The molecule has 0 aliphatic heterocycles. The number of allylic oxidation sites excluding steroid dienone is 1. The van der Waals surface area contributed by atoms with Gasteiger partial charge in [-0.05, 0) is 85.8 Å². The number of fused-ring (bicyclic) bond motifs is 3. The molecule has 1 saturated carbocycles. The van der Waals surface area contributed by atoms with Crippen LogP contribution < -0.4 is 0 Å². The molecular weight excluding hydrogens is 310 g/mol. The number of nitrogens with zero attached hydrogens (tertiary/aromatic N) is 1. The summed E-state index contributed by atoms with van der Waals surface area (Å²) in [6.07, 6.45) is 4.21. The van der Waals surface area contributed by atoms with Crippen molar-refractivity contribution in [1.29, 1.82) is 0 Å². The monoisotopic (exact) mass is 333 g/mol. The first kappa shape index (κ1) is 16.0. The van der Waals surface area contributed by atoms with E-state index < -0.39 is 0 Å². The lowest BCUT2D eigenvalue weighted by molar-refractivity contribution is 0.423. The van der Waals surface area contributed by atoms with Gasteiger partial charge < -0.3 is 4.90 Å². The fraction of sp³-hybridized carbons (Fsp3) is 0.474. The Balaban J connectivity index is 0.00000144. The van der Waals surface area contributed by atoms with Crippen molar-refractivity contribution in [2.75, 3.05) is 20.6 Å². The summed E-state index contributed by atoms with van der Waals surface area (Å²) in [5, 5.41) is 3.83. The SMILES string of the molecule is Cc1csc2cccc(C3=C(CN(C)C)C4CCC3C4)c12.Cl. The minimum Gasteiger partial charge on any atom is -0.305 e. The Morgan fingerprint density at radius 1 is 1.18 bits per heavy atom. The van der Waals surface area contributed by atoms with Crippen molar-refractivity contribution in [3.63, 3.8) is 0 Å². The number of benzene rings is 1. The second-order valence-corrected chi connectivity index (χ2v) is 7.89. The van der Waals surface area contributed by atoms with Crippen LogP contribution in [0.3, 0.4) is 0 Å². The maximum atomic E-state index is 2.37. The Morgan fingerprint density at radius 2 is 1.95 bits per heavy atom. The van der Waals surface area contributed by atoms with E-state index in [1.54, 1.807) is 11.1 Å². The highest BCUT2D eigenvalue weighted by Crippen LogP contribution is 2.53. The quantitative estimate of drug-likeness (QED) is 0.729. The lowest BCUT2D eigenvalue weighted by atomic mass is 9.85. The van der Waals surface area contributed by atoms with Crippen molar-refractivity contribution in [3.05, 3.63) is 40.3 Å². The molecule has 3 heteroatoms. The van der Waals surface area contributed by atoms with Crippen LogP contribution in [0, 0.1) is 18.8 Å². The molecule has 1 aromatic carbocycles. The van der Waals surface area contributed by atoms with Crippen LogP contribution in [0.25, 0.3) is 15.7 Å². The fourth-order valence-electron chi connectivity index (χ4n) is 4.46. The summed E-state index contributed by atoms with van der Waals surface area (Å²) >= 11 is 1.89. The van der Waals surface area contributed by atoms with E-state index >= 15 is 0 Å². The van der Waals surface area contributed by atoms with Gasteiger partial charge in [-0.25, -0.2) is 0 Å². The summed E-state index contributed by atoms with van der Waals surface area (Å²) in [5.41, 5.74) is 6.42. The van der Waals surface area contributed by atoms with Gasteiger partial charge >= 0.3 is 0 Å². The Bertz CT molecular complexity index is 728. The average molecular weight is 334 g/mol. The zero-order chi connectivity index (χ0) is 14.6. The molecule has 0 amide bonds. The Hall–Kier alpha value is -0.830. The van der Waals surface area contributed by atoms with Gasteiger partial charge in [0.05, 0.1) is 0 Å². The molecule has 2 aliphatic carbocycles. The van der Waals surface area contributed by atoms with E-state index in [9.17, 15) is 0 Å². The summed E-state index contributed by atoms with van der Waals surface area (Å²) in [6.45, 7) is 3.40. The summed E-state index contributed by atoms with van der Waals surface area (Å²) in [5.74, 6) is 1.66. The van der Waals surface area contributed by atoms with Crippen LogP contribution in [0.1, 0.15) is 30.4 Å². The van der Waals surface area contributed by atoms with E-state index in [1.165, 1.54) is 40.5 Å². The van der Waals surface area contributed by atoms with E-state index in [-0.39, 0.29) is 12.4 Å². The maximum absolute atomic E-state index is 2.37. The van der Waals surface area contributed by atoms with Crippen molar-refractivity contribution < 1.29 is 0 Å². The largest absolute Gasteiger partial charge is 0.305 e. The van der Waals surface area contributed by atoms with Gasteiger partial charge in [0.25, 0.3) is 0 Å². The molecule has 2 aliphatic rings. The molecule has 2 aromatic rings. The molecule has 2 bridgehead atoms. The molecule has 118 valence electrons. The van der Waals surface area contributed by atoms with Gasteiger partial charge in [0.1, 0.15) is 0 Å². The van der Waals surface area contributed by atoms with Gasteiger partial charge in [-0.1, -0.05) is 12.1 Å². The molecule has 22 heavy (non-hydrogen) atoms. The molecule has 4 rings (SSSR count). The molecule has 2 atom stereocenters. The summed E-state index contributed by atoms with van der Waals surface area (Å²) in [7, 11) is 4.40. The third kappa shape index (κ3) is 2.42. The van der Waals surface area contributed by atoms with E-state index in [1.807, 2.05) is 11.3 Å². The predicted octanol–water partition coefficient (Wildman–Crippen LogP) is 5.38. The van der Waals surface area contributed by atoms with Crippen LogP contribution in [0.5, 0.6) is 0 Å². The Kier molecular flexibility index (Phi) is 4.37. The van der Waals surface area contributed by atoms with Gasteiger partial charge in [0.15, 0.2) is 0 Å². The standard InChI is InChI=1S/C19H23NS.ClH/c1-12-11-21-17-6-4-5-15(18(12)17)19-14-8-7-13(9-14)16(19)10-20(2)3;/h4-6,11,13-14H,7-10H2,1-3H3;1H. The number of likely N-dealkylation sites (N-methyl/N-ethyl adjacent to an activating group) is 1. The normalized spacial score (nSPS) is 23.6. The first-order valence-electron chi connectivity index (χ1n) is 8.00. The number of hydrogen-bond acceptors (Lipinski definition) is 2. The Morgan fingerprint density at radius 3 is 2.73 bits per heavy atom. The summed E-state index contributed by atoms with van der Waals surface area (Å²) in [4.78, 5) is 2.34. The molecular formula is C19H24ClNS. The van der Waals surface area contributed by atoms with E-state index in [2.05, 4.69) is 49.5 Å². The topological polar surface area (TPSA) is 3.24 Å². The minimum absolute atomic E-state index is 0. The molecule has 2 unspecified atom stereocenters. The van der Waals surface area contributed by atoms with Gasteiger partial charge in [0, 0.05) is 16.6 Å². The third-order valence-corrected chi connectivity index (χ3v) is 6.31. The second-order valence-electron chi connectivity index (χ2n) is 6.98. The second kappa shape index (κ2) is 5.99. The van der Waals surface area contributed by atoms with Gasteiger partial charge in [0.2, 0.25) is 0 Å². The molecule has 1 aromatic heterocycles. The molecule has 0 radical (unpaired) electrons. The Labute approximate surface area is 143 Å². The predicted molar refractivity (Wildman–Crippen MR) is 100 cm³/mol. The molecule has 0 spiro atoms. The average Bonchev–Trinajstić information content (AvgIpc) is 3.13. The van der Waals surface area contributed by atoms with Crippen molar-refractivity contribution >= 4 is 39.4 Å². The van der Waals surface area contributed by atoms with Crippen molar-refractivity contribution in [3.8, 4) is 0 Å². The highest BCUT2D eigenvalue weighted by molar-refractivity contribution is 7.17. The van der Waals surface area contributed by atoms with Crippen LogP contribution >= 0.6 is 23.7 Å². The van der Waals surface area contributed by atoms with Crippen molar-refractivity contribution in [2.45, 2.75) is 26.2 Å². The maximum Gasteiger partial charge on any atom is 0.0351 e. The van der Waals surface area contributed by atoms with Gasteiger partial charge in [-0.2, -0.15) is 0 Å². The zero-order valence-electron chi connectivity index (χ0n) is 13.6. The number of thiophene rings is 1. The van der Waals surface area contributed by atoms with E-state index in [4.69, 9.17) is 0 Å². The molecule has 1 fully saturated rings. The minimum atomic E-state index is 0. The lowest BCUT2D eigenvalue weighted by Gasteiger charge is -2.23. The molecule has 0 N–H and O–H groups in total. The van der Waals surface area contributed by atoms with Crippen LogP contribution in [0.2, 0.25) is 0 Å². The van der Waals surface area contributed by atoms with E-state index in [0.29, 0.717) is 0 Å². The molecule has 1 heterocycles. The highest BCUT2D eigenvalue weighted by atomic mass is 35.5. The van der Waals surface area contributed by atoms with Gasteiger partial charge in [-0.3, -0.25) is 0 Å². The highest BCUT2D eigenvalue weighted by Gasteiger charge is 2.39. The fourth-order valence-corrected chi connectivity index (χ4v) is 5.43. The van der Waals surface area contributed by atoms with Crippen molar-refractivity contribution in [1.82, 2.24) is 4.90 Å². The molecule has 1 nitrogen and oxygen atoms in total. The first-order valence-corrected chi connectivity index (χ1v) is 8.88. The summed E-state index contributed by atoms with van der Waals surface area (Å²) in [6, 6.07) is 6.89. The van der Waals surface area contributed by atoms with Crippen molar-refractivity contribution in [2.24, 2.45) is 11.8 Å². The zero-order valence-corrected chi connectivity index (χ0v) is 15.2. The first-order chi connectivity index (χ1) is 10.1. The van der Waals surface area contributed by atoms with Crippen LogP contribution in [0.15, 0.2) is 29.2 Å². The van der Waals surface area contributed by atoms with Crippen LogP contribution in [-0.4, -0.2) is 25.5 Å².